The van der Waals surface area contributed by atoms with E-state index in [9.17, 15) is 4.39 Å². The van der Waals surface area contributed by atoms with E-state index in [0.29, 0.717) is 23.2 Å². The van der Waals surface area contributed by atoms with Crippen molar-refractivity contribution in [3.8, 4) is 5.75 Å². The van der Waals surface area contributed by atoms with E-state index in [4.69, 9.17) is 16.3 Å². The van der Waals surface area contributed by atoms with Gasteiger partial charge in [0.25, 0.3) is 0 Å². The van der Waals surface area contributed by atoms with Gasteiger partial charge in [0.15, 0.2) is 5.96 Å². The lowest BCUT2D eigenvalue weighted by Gasteiger charge is -2.12. The van der Waals surface area contributed by atoms with E-state index in [1.54, 1.807) is 32.5 Å². The fraction of sp³-hybridized carbons (Fsp3) is 0.294. The number of nitrogens with one attached hydrogen (secondary N) is 2. The molecule has 1 heterocycles. The summed E-state index contributed by atoms with van der Waals surface area (Å²) in [7, 11) is 3.26. The maximum Gasteiger partial charge on any atom is 0.191 e. The molecule has 0 amide bonds. The van der Waals surface area contributed by atoms with E-state index >= 15 is 0 Å². The summed E-state index contributed by atoms with van der Waals surface area (Å²) < 4.78 is 18.7. The van der Waals surface area contributed by atoms with E-state index in [2.05, 4.69) is 20.6 Å². The summed E-state index contributed by atoms with van der Waals surface area (Å²) in [5.41, 5.74) is 1.36. The largest absolute Gasteiger partial charge is 0.497 e. The van der Waals surface area contributed by atoms with E-state index in [1.807, 2.05) is 12.1 Å². The molecule has 0 aliphatic carbocycles. The fourth-order valence-electron chi connectivity index (χ4n) is 2.11. The first-order chi connectivity index (χ1) is 11.6. The fourth-order valence-corrected chi connectivity index (χ4v) is 2.37. The lowest BCUT2D eigenvalue weighted by atomic mass is 10.1. The molecule has 0 aliphatic rings. The van der Waals surface area contributed by atoms with Crippen LogP contribution in [0.3, 0.4) is 0 Å². The molecular formula is C17H21ClFIN4O. The van der Waals surface area contributed by atoms with Crippen LogP contribution in [0.4, 0.5) is 4.39 Å². The monoisotopic (exact) mass is 478 g/mol. The van der Waals surface area contributed by atoms with Crippen LogP contribution in [-0.2, 0) is 13.0 Å². The summed E-state index contributed by atoms with van der Waals surface area (Å²) in [4.78, 5) is 8.10. The summed E-state index contributed by atoms with van der Waals surface area (Å²) in [6.07, 6.45) is 2.28. The molecule has 0 spiro atoms. The predicted octanol–water partition coefficient (Wildman–Crippen LogP) is 3.41. The zero-order valence-electron chi connectivity index (χ0n) is 14.1. The molecule has 2 rings (SSSR count). The summed E-state index contributed by atoms with van der Waals surface area (Å²) in [6, 6.07) is 8.53. The molecule has 0 bridgehead atoms. The van der Waals surface area contributed by atoms with Gasteiger partial charge in [0, 0.05) is 24.8 Å². The summed E-state index contributed by atoms with van der Waals surface area (Å²) in [5, 5.41) is 6.85. The highest BCUT2D eigenvalue weighted by atomic mass is 127. The minimum Gasteiger partial charge on any atom is -0.497 e. The minimum atomic E-state index is -0.342. The molecule has 0 saturated heterocycles. The van der Waals surface area contributed by atoms with Gasteiger partial charge in [-0.2, -0.15) is 0 Å². The summed E-state index contributed by atoms with van der Waals surface area (Å²) in [5.74, 6) is 0.960. The number of hydrogen-bond donors (Lipinski definition) is 2. The molecule has 5 nitrogen and oxygen atoms in total. The molecule has 0 fully saturated rings. The molecular weight excluding hydrogens is 458 g/mol. The van der Waals surface area contributed by atoms with Crippen LogP contribution < -0.4 is 15.4 Å². The Balaban J connectivity index is 0.00000312. The van der Waals surface area contributed by atoms with E-state index in [1.165, 1.54) is 6.07 Å². The molecule has 0 saturated carbocycles. The van der Waals surface area contributed by atoms with Crippen LogP contribution in [-0.4, -0.2) is 31.6 Å². The number of halogens is 3. The third-order valence-electron chi connectivity index (χ3n) is 3.43. The molecule has 2 N–H and O–H groups in total. The molecule has 2 aromatic rings. The van der Waals surface area contributed by atoms with Gasteiger partial charge in [-0.1, -0.05) is 17.7 Å². The predicted molar refractivity (Wildman–Crippen MR) is 110 cm³/mol. The molecule has 0 unspecified atom stereocenters. The molecule has 1 aromatic carbocycles. The second kappa shape index (κ2) is 11.1. The number of aliphatic imine (C=N–C) groups is 1. The molecule has 136 valence electrons. The van der Waals surface area contributed by atoms with Crippen molar-refractivity contribution in [3.05, 3.63) is 58.6 Å². The van der Waals surface area contributed by atoms with Crippen molar-refractivity contribution in [2.75, 3.05) is 20.7 Å². The smallest absolute Gasteiger partial charge is 0.191 e. The van der Waals surface area contributed by atoms with Crippen molar-refractivity contribution in [1.82, 2.24) is 15.6 Å². The first-order valence-corrected chi connectivity index (χ1v) is 7.88. The van der Waals surface area contributed by atoms with Gasteiger partial charge in [-0.25, -0.2) is 4.39 Å². The first-order valence-electron chi connectivity index (χ1n) is 7.50. The van der Waals surface area contributed by atoms with Gasteiger partial charge in [-0.15, -0.1) is 24.0 Å². The van der Waals surface area contributed by atoms with Crippen molar-refractivity contribution in [2.24, 2.45) is 4.99 Å². The number of pyridine rings is 1. The molecule has 0 aliphatic heterocycles. The molecule has 0 radical (unpaired) electrons. The highest BCUT2D eigenvalue weighted by molar-refractivity contribution is 14.0. The Hall–Kier alpha value is -1.61. The molecule has 8 heteroatoms. The molecule has 25 heavy (non-hydrogen) atoms. The number of rotatable bonds is 6. The number of hydrogen-bond acceptors (Lipinski definition) is 3. The Labute approximate surface area is 169 Å². The zero-order chi connectivity index (χ0) is 17.4. The lowest BCUT2D eigenvalue weighted by molar-refractivity contribution is 0.414. The number of ether oxygens (including phenoxy) is 1. The van der Waals surface area contributed by atoms with Gasteiger partial charge < -0.3 is 15.4 Å². The van der Waals surface area contributed by atoms with Crippen LogP contribution in [0.1, 0.15) is 11.3 Å². The first kappa shape index (κ1) is 21.4. The summed E-state index contributed by atoms with van der Waals surface area (Å²) in [6.45, 7) is 0.895. The van der Waals surface area contributed by atoms with Crippen LogP contribution in [0, 0.1) is 5.82 Å². The SMILES string of the molecule is CN=C(NCCc1ccc(OC)cc1Cl)NCc1ncccc1F.I. The maximum absolute atomic E-state index is 13.5. The van der Waals surface area contributed by atoms with E-state index in [0.717, 1.165) is 17.7 Å². The van der Waals surface area contributed by atoms with Gasteiger partial charge in [0.1, 0.15) is 11.6 Å². The van der Waals surface area contributed by atoms with Crippen molar-refractivity contribution in [2.45, 2.75) is 13.0 Å². The van der Waals surface area contributed by atoms with E-state index < -0.39 is 0 Å². The number of benzene rings is 1. The number of guanidine groups is 1. The number of aromatic nitrogens is 1. The van der Waals surface area contributed by atoms with Gasteiger partial charge >= 0.3 is 0 Å². The normalized spacial score (nSPS) is 10.8. The maximum atomic E-state index is 13.5. The Morgan fingerprint density at radius 3 is 2.76 bits per heavy atom. The van der Waals surface area contributed by atoms with Crippen molar-refractivity contribution < 1.29 is 9.13 Å². The highest BCUT2D eigenvalue weighted by Crippen LogP contribution is 2.22. The van der Waals surface area contributed by atoms with Crippen LogP contribution in [0.5, 0.6) is 5.75 Å². The third-order valence-corrected chi connectivity index (χ3v) is 3.78. The van der Waals surface area contributed by atoms with Crippen LogP contribution in [0.15, 0.2) is 41.5 Å². The van der Waals surface area contributed by atoms with Gasteiger partial charge in [-0.3, -0.25) is 9.98 Å². The lowest BCUT2D eigenvalue weighted by Crippen LogP contribution is -2.38. The highest BCUT2D eigenvalue weighted by Gasteiger charge is 2.05. The average Bonchev–Trinajstić information content (AvgIpc) is 2.60. The van der Waals surface area contributed by atoms with Crippen LogP contribution >= 0.6 is 35.6 Å². The van der Waals surface area contributed by atoms with E-state index in [-0.39, 0.29) is 36.3 Å². The molecule has 0 atom stereocenters. The quantitative estimate of drug-likeness (QED) is 0.380. The van der Waals surface area contributed by atoms with Crippen LogP contribution in [0.2, 0.25) is 5.02 Å². The topological polar surface area (TPSA) is 58.5 Å². The van der Waals surface area contributed by atoms with Gasteiger partial charge in [0.05, 0.1) is 19.3 Å². The zero-order valence-corrected chi connectivity index (χ0v) is 17.1. The second-order valence-corrected chi connectivity index (χ2v) is 5.40. The number of nitrogens with zero attached hydrogens (tertiary/aromatic N) is 2. The van der Waals surface area contributed by atoms with Gasteiger partial charge in [-0.05, 0) is 36.2 Å². The third kappa shape index (κ3) is 6.66. The molecule has 1 aromatic heterocycles. The Bertz CT molecular complexity index is 715. The second-order valence-electron chi connectivity index (χ2n) is 4.99. The van der Waals surface area contributed by atoms with Gasteiger partial charge in [0.2, 0.25) is 0 Å². The average molecular weight is 479 g/mol. The van der Waals surface area contributed by atoms with Crippen molar-refractivity contribution in [1.29, 1.82) is 0 Å². The number of methoxy groups -OCH3 is 1. The van der Waals surface area contributed by atoms with Crippen molar-refractivity contribution in [3.63, 3.8) is 0 Å². The standard InChI is InChI=1S/C17H20ClFN4O.HI/c1-20-17(23-11-16-15(19)4-3-8-21-16)22-9-7-12-5-6-13(24-2)10-14(12)18;/h3-6,8,10H,7,9,11H2,1-2H3,(H2,20,22,23);1H. The summed E-state index contributed by atoms with van der Waals surface area (Å²) >= 11 is 6.21. The van der Waals surface area contributed by atoms with Crippen molar-refractivity contribution >= 4 is 41.5 Å². The van der Waals surface area contributed by atoms with Crippen LogP contribution in [0.25, 0.3) is 0 Å². The Morgan fingerprint density at radius 2 is 2.12 bits per heavy atom. The minimum absolute atomic E-state index is 0. The Morgan fingerprint density at radius 1 is 1.32 bits per heavy atom. The Kier molecular flexibility index (Phi) is 9.51.